The van der Waals surface area contributed by atoms with E-state index < -0.39 is 0 Å². The van der Waals surface area contributed by atoms with E-state index in [0.29, 0.717) is 6.04 Å². The summed E-state index contributed by atoms with van der Waals surface area (Å²) in [4.78, 5) is 2.42. The largest absolute Gasteiger partial charge is 0.497 e. The monoisotopic (exact) mass is 283 g/mol. The molecule has 2 aromatic rings. The fourth-order valence-electron chi connectivity index (χ4n) is 2.42. The summed E-state index contributed by atoms with van der Waals surface area (Å²) in [5, 5.41) is 0. The van der Waals surface area contributed by atoms with Gasteiger partial charge in [0, 0.05) is 12.6 Å². The van der Waals surface area contributed by atoms with Gasteiger partial charge in [-0.3, -0.25) is 4.90 Å². The van der Waals surface area contributed by atoms with Gasteiger partial charge in [-0.1, -0.05) is 42.5 Å². The van der Waals surface area contributed by atoms with Gasteiger partial charge in [-0.15, -0.1) is 0 Å². The zero-order chi connectivity index (χ0) is 15.1. The van der Waals surface area contributed by atoms with Gasteiger partial charge in [0.05, 0.1) is 7.11 Å². The number of rotatable bonds is 7. The molecule has 0 spiro atoms. The van der Waals surface area contributed by atoms with Crippen molar-refractivity contribution >= 4 is 0 Å². The van der Waals surface area contributed by atoms with Crippen LogP contribution in [0.2, 0.25) is 0 Å². The quantitative estimate of drug-likeness (QED) is 0.757. The third-order valence-electron chi connectivity index (χ3n) is 4.04. The highest BCUT2D eigenvalue weighted by atomic mass is 16.5. The van der Waals surface area contributed by atoms with Crippen LogP contribution in [0.4, 0.5) is 0 Å². The topological polar surface area (TPSA) is 12.5 Å². The molecule has 0 saturated carbocycles. The van der Waals surface area contributed by atoms with Gasteiger partial charge < -0.3 is 4.74 Å². The van der Waals surface area contributed by atoms with Crippen LogP contribution in [0.1, 0.15) is 24.5 Å². The molecule has 0 saturated heterocycles. The lowest BCUT2D eigenvalue weighted by atomic mass is 10.0. The summed E-state index contributed by atoms with van der Waals surface area (Å²) >= 11 is 0. The average molecular weight is 283 g/mol. The molecule has 0 heterocycles. The fraction of sp³-hybridized carbons (Fsp3) is 0.368. The molecule has 0 unspecified atom stereocenters. The normalized spacial score (nSPS) is 12.4. The highest BCUT2D eigenvalue weighted by Crippen LogP contribution is 2.15. The smallest absolute Gasteiger partial charge is 0.118 e. The van der Waals surface area contributed by atoms with Gasteiger partial charge >= 0.3 is 0 Å². The number of aryl methyl sites for hydroxylation is 1. The Labute approximate surface area is 128 Å². The summed E-state index contributed by atoms with van der Waals surface area (Å²) in [5.41, 5.74) is 2.74. The van der Waals surface area contributed by atoms with E-state index in [1.807, 2.05) is 12.1 Å². The zero-order valence-corrected chi connectivity index (χ0v) is 13.3. The van der Waals surface area contributed by atoms with E-state index in [4.69, 9.17) is 4.74 Å². The number of benzene rings is 2. The first kappa shape index (κ1) is 15.6. The van der Waals surface area contributed by atoms with E-state index in [1.54, 1.807) is 7.11 Å². The van der Waals surface area contributed by atoms with E-state index in [-0.39, 0.29) is 0 Å². The molecule has 0 aliphatic heterocycles. The average Bonchev–Trinajstić information content (AvgIpc) is 2.54. The van der Waals surface area contributed by atoms with Crippen LogP contribution in [0.25, 0.3) is 0 Å². The Morgan fingerprint density at radius 2 is 1.62 bits per heavy atom. The van der Waals surface area contributed by atoms with Crippen molar-refractivity contribution in [1.29, 1.82) is 0 Å². The Kier molecular flexibility index (Phi) is 5.82. The van der Waals surface area contributed by atoms with Crippen molar-refractivity contribution in [1.82, 2.24) is 4.90 Å². The molecular weight excluding hydrogens is 258 g/mol. The molecule has 0 fully saturated rings. The van der Waals surface area contributed by atoms with E-state index in [9.17, 15) is 0 Å². The maximum absolute atomic E-state index is 5.19. The van der Waals surface area contributed by atoms with Gasteiger partial charge in [-0.25, -0.2) is 0 Å². The van der Waals surface area contributed by atoms with Crippen LogP contribution in [-0.2, 0) is 13.0 Å². The molecule has 2 nitrogen and oxygen atoms in total. The number of hydrogen-bond acceptors (Lipinski definition) is 2. The van der Waals surface area contributed by atoms with Gasteiger partial charge in [-0.2, -0.15) is 0 Å². The molecule has 0 N–H and O–H groups in total. The maximum atomic E-state index is 5.19. The second kappa shape index (κ2) is 7.84. The molecule has 0 aromatic heterocycles. The minimum absolute atomic E-state index is 0.562. The van der Waals surface area contributed by atoms with Gasteiger partial charge in [-0.05, 0) is 50.1 Å². The summed E-state index contributed by atoms with van der Waals surface area (Å²) in [6, 6.07) is 19.6. The van der Waals surface area contributed by atoms with Gasteiger partial charge in [0.1, 0.15) is 5.75 Å². The van der Waals surface area contributed by atoms with Crippen LogP contribution >= 0.6 is 0 Å². The molecule has 2 rings (SSSR count). The minimum atomic E-state index is 0.562. The second-order valence-corrected chi connectivity index (χ2v) is 5.64. The predicted molar refractivity (Wildman–Crippen MR) is 88.7 cm³/mol. The van der Waals surface area contributed by atoms with Crippen molar-refractivity contribution in [2.45, 2.75) is 32.4 Å². The standard InChI is InChI=1S/C19H25NO/c1-16(20(2)15-18-7-5-4-6-8-18)9-10-17-11-13-19(21-3)14-12-17/h4-8,11-14,16H,9-10,15H2,1-3H3/t16-/m0/s1. The third-order valence-corrected chi connectivity index (χ3v) is 4.04. The van der Waals surface area contributed by atoms with Gasteiger partial charge in [0.25, 0.3) is 0 Å². The molecule has 0 aliphatic carbocycles. The van der Waals surface area contributed by atoms with Crippen molar-refractivity contribution in [3.8, 4) is 5.75 Å². The molecule has 1 atom stereocenters. The van der Waals surface area contributed by atoms with Gasteiger partial charge in [0.2, 0.25) is 0 Å². The first-order valence-electron chi connectivity index (χ1n) is 7.56. The summed E-state index contributed by atoms with van der Waals surface area (Å²) < 4.78 is 5.19. The molecule has 2 aromatic carbocycles. The first-order chi connectivity index (χ1) is 10.2. The SMILES string of the molecule is COc1ccc(CC[C@H](C)N(C)Cc2ccccc2)cc1. The van der Waals surface area contributed by atoms with E-state index in [1.165, 1.54) is 11.1 Å². The molecule has 0 amide bonds. The Morgan fingerprint density at radius 3 is 2.24 bits per heavy atom. The molecule has 0 radical (unpaired) electrons. The number of nitrogens with zero attached hydrogens (tertiary/aromatic N) is 1. The molecular formula is C19H25NO. The van der Waals surface area contributed by atoms with Crippen LogP contribution < -0.4 is 4.74 Å². The van der Waals surface area contributed by atoms with Crippen molar-refractivity contribution in [3.63, 3.8) is 0 Å². The lowest BCUT2D eigenvalue weighted by Crippen LogP contribution is -2.28. The Morgan fingerprint density at radius 1 is 0.952 bits per heavy atom. The summed E-state index contributed by atoms with van der Waals surface area (Å²) in [7, 11) is 3.90. The van der Waals surface area contributed by atoms with E-state index >= 15 is 0 Å². The van der Waals surface area contributed by atoms with Crippen molar-refractivity contribution in [3.05, 3.63) is 65.7 Å². The molecule has 2 heteroatoms. The second-order valence-electron chi connectivity index (χ2n) is 5.64. The van der Waals surface area contributed by atoms with Gasteiger partial charge in [0.15, 0.2) is 0 Å². The molecule has 0 aliphatic rings. The molecule has 0 bridgehead atoms. The van der Waals surface area contributed by atoms with E-state index in [2.05, 4.69) is 61.3 Å². The van der Waals surface area contributed by atoms with Crippen LogP contribution in [0.3, 0.4) is 0 Å². The lowest BCUT2D eigenvalue weighted by molar-refractivity contribution is 0.238. The first-order valence-corrected chi connectivity index (χ1v) is 7.56. The third kappa shape index (κ3) is 4.91. The number of ether oxygens (including phenoxy) is 1. The Bertz CT molecular complexity index is 521. The molecule has 21 heavy (non-hydrogen) atoms. The van der Waals surface area contributed by atoms with Crippen LogP contribution in [0, 0.1) is 0 Å². The summed E-state index contributed by atoms with van der Waals surface area (Å²) in [5.74, 6) is 0.924. The Hall–Kier alpha value is -1.80. The minimum Gasteiger partial charge on any atom is -0.497 e. The van der Waals surface area contributed by atoms with Crippen LogP contribution in [-0.4, -0.2) is 25.1 Å². The fourth-order valence-corrected chi connectivity index (χ4v) is 2.42. The van der Waals surface area contributed by atoms with Crippen molar-refractivity contribution in [2.24, 2.45) is 0 Å². The predicted octanol–water partition coefficient (Wildman–Crippen LogP) is 4.15. The highest BCUT2D eigenvalue weighted by Gasteiger charge is 2.09. The number of hydrogen-bond donors (Lipinski definition) is 0. The van der Waals surface area contributed by atoms with E-state index in [0.717, 1.165) is 25.1 Å². The maximum Gasteiger partial charge on any atom is 0.118 e. The summed E-state index contributed by atoms with van der Waals surface area (Å²) in [6.07, 6.45) is 2.26. The summed E-state index contributed by atoms with van der Waals surface area (Å²) in [6.45, 7) is 3.30. The van der Waals surface area contributed by atoms with Crippen molar-refractivity contribution in [2.75, 3.05) is 14.2 Å². The lowest BCUT2D eigenvalue weighted by Gasteiger charge is -2.24. The molecule has 112 valence electrons. The highest BCUT2D eigenvalue weighted by molar-refractivity contribution is 5.27. The van der Waals surface area contributed by atoms with Crippen molar-refractivity contribution < 1.29 is 4.74 Å². The Balaban J connectivity index is 1.81. The van der Waals surface area contributed by atoms with Crippen LogP contribution in [0.15, 0.2) is 54.6 Å². The number of methoxy groups -OCH3 is 1. The van der Waals surface area contributed by atoms with Crippen LogP contribution in [0.5, 0.6) is 5.75 Å². The zero-order valence-electron chi connectivity index (χ0n) is 13.3.